The summed E-state index contributed by atoms with van der Waals surface area (Å²) in [5.41, 5.74) is -1.03. The predicted octanol–water partition coefficient (Wildman–Crippen LogP) is 2.85. The first kappa shape index (κ1) is 22.1. The summed E-state index contributed by atoms with van der Waals surface area (Å²) in [6.07, 6.45) is -4.73. The van der Waals surface area contributed by atoms with E-state index in [0.717, 1.165) is 16.0 Å². The molecular weight excluding hydrogens is 453 g/mol. The van der Waals surface area contributed by atoms with Crippen LogP contribution in [-0.4, -0.2) is 59.5 Å². The van der Waals surface area contributed by atoms with Crippen LogP contribution in [0.25, 0.3) is 0 Å². The number of aryl methyl sites for hydroxylation is 1. The maximum atomic E-state index is 12.9. The fourth-order valence-electron chi connectivity index (χ4n) is 3.00. The Balaban J connectivity index is 1.57. The van der Waals surface area contributed by atoms with Crippen LogP contribution in [0.3, 0.4) is 0 Å². The average Bonchev–Trinajstić information content (AvgIpc) is 3.30. The Morgan fingerprint density at radius 1 is 1.28 bits per heavy atom. The molecule has 0 atom stereocenters. The third-order valence-corrected chi connectivity index (χ3v) is 8.34. The van der Waals surface area contributed by atoms with Crippen LogP contribution in [-0.2, 0) is 27.5 Å². The lowest BCUT2D eigenvalue weighted by atomic mass is 10.3. The van der Waals surface area contributed by atoms with Gasteiger partial charge in [0, 0.05) is 32.6 Å². The molecule has 0 saturated carbocycles. The van der Waals surface area contributed by atoms with Crippen LogP contribution in [0.4, 0.5) is 13.2 Å². The number of carbonyl (C=O) groups excluding carboxylic acids is 1. The van der Waals surface area contributed by atoms with Crippen molar-refractivity contribution >= 4 is 38.9 Å². The number of sulfonamides is 1. The Bertz CT molecular complexity index is 982. The molecule has 0 N–H and O–H groups in total. The summed E-state index contributed by atoms with van der Waals surface area (Å²) in [7, 11) is -3.57. The topological polar surface area (TPSA) is 75.5 Å². The minimum Gasteiger partial charge on any atom is -0.340 e. The summed E-state index contributed by atoms with van der Waals surface area (Å²) >= 11 is 6.84. The van der Waals surface area contributed by atoms with Crippen molar-refractivity contribution < 1.29 is 26.4 Å². The summed E-state index contributed by atoms with van der Waals surface area (Å²) < 4.78 is 66.3. The first-order valence-corrected chi connectivity index (χ1v) is 11.3. The molecule has 1 saturated heterocycles. The third-order valence-electron chi connectivity index (χ3n) is 4.62. The molecule has 2 aromatic rings. The number of alkyl halides is 3. The molecule has 1 amide bonds. The van der Waals surface area contributed by atoms with E-state index in [0.29, 0.717) is 0 Å². The Kier molecular flexibility index (Phi) is 6.27. The maximum Gasteiger partial charge on any atom is 0.436 e. The van der Waals surface area contributed by atoms with Gasteiger partial charge in [0.2, 0.25) is 5.91 Å². The smallest absolute Gasteiger partial charge is 0.340 e. The Morgan fingerprint density at radius 3 is 2.45 bits per heavy atom. The van der Waals surface area contributed by atoms with E-state index in [1.807, 2.05) is 0 Å². The number of piperazine rings is 1. The van der Waals surface area contributed by atoms with Gasteiger partial charge in [-0.25, -0.2) is 8.42 Å². The molecule has 13 heteroatoms. The van der Waals surface area contributed by atoms with Gasteiger partial charge in [0.1, 0.15) is 4.21 Å². The molecule has 0 aliphatic carbocycles. The van der Waals surface area contributed by atoms with Gasteiger partial charge in [-0.2, -0.15) is 22.6 Å². The minimum atomic E-state index is -4.67. The van der Waals surface area contributed by atoms with Crippen LogP contribution in [0.5, 0.6) is 0 Å². The van der Waals surface area contributed by atoms with E-state index >= 15 is 0 Å². The van der Waals surface area contributed by atoms with Crippen molar-refractivity contribution in [3.63, 3.8) is 0 Å². The number of aromatic nitrogens is 2. The summed E-state index contributed by atoms with van der Waals surface area (Å²) in [6.45, 7) is 2.12. The second-order valence-corrected chi connectivity index (χ2v) is 9.93. The fourth-order valence-corrected chi connectivity index (χ4v) is 5.81. The summed E-state index contributed by atoms with van der Waals surface area (Å²) in [4.78, 5) is 13.9. The van der Waals surface area contributed by atoms with Crippen molar-refractivity contribution in [2.45, 2.75) is 30.3 Å². The zero-order valence-electron chi connectivity index (χ0n) is 15.3. The van der Waals surface area contributed by atoms with Crippen LogP contribution in [0.15, 0.2) is 21.7 Å². The molecular formula is C16H18ClF3N4O3S2. The maximum absolute atomic E-state index is 12.9. The molecule has 1 aliphatic rings. The van der Waals surface area contributed by atoms with E-state index in [-0.39, 0.29) is 55.0 Å². The number of hydrogen-bond acceptors (Lipinski definition) is 5. The molecule has 1 aliphatic heterocycles. The number of halogens is 4. The number of hydrogen-bond donors (Lipinski definition) is 0. The Hall–Kier alpha value is -1.63. The highest BCUT2D eigenvalue weighted by Gasteiger charge is 2.38. The molecule has 0 spiro atoms. The minimum absolute atomic E-state index is 0.0474. The number of amides is 1. The quantitative estimate of drug-likeness (QED) is 0.673. The first-order chi connectivity index (χ1) is 13.5. The SMILES string of the molecule is Cc1c(Cl)c(C(F)(F)F)nn1CCC(=O)N1CCN(S(=O)(=O)c2cccs2)CC1. The van der Waals surface area contributed by atoms with Crippen LogP contribution in [0, 0.1) is 6.92 Å². The van der Waals surface area contributed by atoms with Crippen LogP contribution in [0.2, 0.25) is 5.02 Å². The molecule has 2 aromatic heterocycles. The van der Waals surface area contributed by atoms with Crippen molar-refractivity contribution in [1.82, 2.24) is 19.0 Å². The molecule has 3 heterocycles. The van der Waals surface area contributed by atoms with Crippen molar-refractivity contribution in [2.24, 2.45) is 0 Å². The lowest BCUT2D eigenvalue weighted by Crippen LogP contribution is -2.50. The highest BCUT2D eigenvalue weighted by atomic mass is 35.5. The van der Waals surface area contributed by atoms with E-state index in [4.69, 9.17) is 11.6 Å². The summed E-state index contributed by atoms with van der Waals surface area (Å²) in [5, 5.41) is 4.68. The third kappa shape index (κ3) is 4.60. The van der Waals surface area contributed by atoms with Gasteiger partial charge >= 0.3 is 6.18 Å². The van der Waals surface area contributed by atoms with Crippen molar-refractivity contribution in [3.8, 4) is 0 Å². The molecule has 0 bridgehead atoms. The van der Waals surface area contributed by atoms with E-state index in [1.165, 1.54) is 22.2 Å². The van der Waals surface area contributed by atoms with Crippen LogP contribution >= 0.6 is 22.9 Å². The first-order valence-electron chi connectivity index (χ1n) is 8.63. The van der Waals surface area contributed by atoms with Gasteiger partial charge in [-0.1, -0.05) is 17.7 Å². The number of nitrogens with zero attached hydrogens (tertiary/aromatic N) is 4. The van der Waals surface area contributed by atoms with E-state index in [1.54, 1.807) is 11.4 Å². The van der Waals surface area contributed by atoms with Crippen LogP contribution < -0.4 is 0 Å². The van der Waals surface area contributed by atoms with Gasteiger partial charge in [-0.05, 0) is 18.4 Å². The average molecular weight is 471 g/mol. The molecule has 0 radical (unpaired) electrons. The van der Waals surface area contributed by atoms with Crippen molar-refractivity contribution in [1.29, 1.82) is 0 Å². The molecule has 7 nitrogen and oxygen atoms in total. The predicted molar refractivity (Wildman–Crippen MR) is 101 cm³/mol. The fraction of sp³-hybridized carbons (Fsp3) is 0.500. The summed E-state index contributed by atoms with van der Waals surface area (Å²) in [6, 6.07) is 3.19. The zero-order chi connectivity index (χ0) is 21.4. The Labute approximate surface area is 174 Å². The van der Waals surface area contributed by atoms with Gasteiger partial charge in [0.25, 0.3) is 10.0 Å². The lowest BCUT2D eigenvalue weighted by Gasteiger charge is -2.33. The molecule has 0 aromatic carbocycles. The highest BCUT2D eigenvalue weighted by Crippen LogP contribution is 2.35. The monoisotopic (exact) mass is 470 g/mol. The van der Waals surface area contributed by atoms with E-state index in [2.05, 4.69) is 5.10 Å². The normalized spacial score (nSPS) is 16.4. The molecule has 0 unspecified atom stereocenters. The van der Waals surface area contributed by atoms with Gasteiger partial charge in [0.15, 0.2) is 5.69 Å². The zero-order valence-corrected chi connectivity index (χ0v) is 17.7. The molecule has 3 rings (SSSR count). The van der Waals surface area contributed by atoms with Gasteiger partial charge in [-0.3, -0.25) is 9.48 Å². The summed E-state index contributed by atoms with van der Waals surface area (Å²) in [5.74, 6) is -0.280. The van der Waals surface area contributed by atoms with Crippen LogP contribution in [0.1, 0.15) is 17.8 Å². The largest absolute Gasteiger partial charge is 0.436 e. The molecule has 29 heavy (non-hydrogen) atoms. The highest BCUT2D eigenvalue weighted by molar-refractivity contribution is 7.91. The Morgan fingerprint density at radius 2 is 1.93 bits per heavy atom. The van der Waals surface area contributed by atoms with Gasteiger partial charge in [0.05, 0.1) is 17.3 Å². The number of thiophene rings is 1. The van der Waals surface area contributed by atoms with Crippen molar-refractivity contribution in [2.75, 3.05) is 26.2 Å². The molecule has 160 valence electrons. The van der Waals surface area contributed by atoms with E-state index in [9.17, 15) is 26.4 Å². The number of rotatable bonds is 5. The number of carbonyl (C=O) groups is 1. The van der Waals surface area contributed by atoms with Gasteiger partial charge in [-0.15, -0.1) is 11.3 Å². The molecule has 1 fully saturated rings. The standard InChI is InChI=1S/C16H18ClF3N4O3S2/c1-11-14(17)15(16(18,19)20)21-24(11)5-4-12(25)22-6-8-23(9-7-22)29(26,27)13-3-2-10-28-13/h2-3,10H,4-9H2,1H3. The van der Waals surface area contributed by atoms with Crippen molar-refractivity contribution in [3.05, 3.63) is 33.9 Å². The second kappa shape index (κ2) is 8.25. The van der Waals surface area contributed by atoms with Gasteiger partial charge < -0.3 is 4.90 Å². The second-order valence-electron chi connectivity index (χ2n) is 6.44. The lowest BCUT2D eigenvalue weighted by molar-refractivity contribution is -0.141. The van der Waals surface area contributed by atoms with E-state index < -0.39 is 26.9 Å².